The highest BCUT2D eigenvalue weighted by Gasteiger charge is 2.16. The van der Waals surface area contributed by atoms with E-state index in [-0.39, 0.29) is 35.8 Å². The number of nitrogens with two attached hydrogens (primary N) is 2. The summed E-state index contributed by atoms with van der Waals surface area (Å²) >= 11 is 0. The van der Waals surface area contributed by atoms with Crippen LogP contribution in [0.15, 0.2) is 36.4 Å². The van der Waals surface area contributed by atoms with E-state index in [1.807, 2.05) is 0 Å². The molecule has 0 unspecified atom stereocenters. The summed E-state index contributed by atoms with van der Waals surface area (Å²) in [5.41, 5.74) is 5.93. The molecule has 0 heterocycles. The molecule has 2 rings (SSSR count). The molecule has 0 saturated heterocycles. The van der Waals surface area contributed by atoms with Crippen molar-refractivity contribution in [2.45, 2.75) is 0 Å². The molecule has 0 aliphatic rings. The van der Waals surface area contributed by atoms with Gasteiger partial charge in [-0.2, -0.15) is 0 Å². The Bertz CT molecular complexity index is 894. The molecule has 0 spiro atoms. The van der Waals surface area contributed by atoms with E-state index in [2.05, 4.69) is 22.7 Å². The van der Waals surface area contributed by atoms with Crippen molar-refractivity contribution in [1.29, 1.82) is 0 Å². The Hall–Kier alpha value is -3.98. The van der Waals surface area contributed by atoms with Gasteiger partial charge >= 0.3 is 0 Å². The molecule has 0 radical (unpaired) electrons. The molecule has 2 amide bonds. The van der Waals surface area contributed by atoms with Crippen LogP contribution in [-0.4, -0.2) is 25.0 Å². The highest BCUT2D eigenvalue weighted by molar-refractivity contribution is 5.98. The van der Waals surface area contributed by atoms with Gasteiger partial charge in [-0.15, -0.1) is 12.8 Å². The van der Waals surface area contributed by atoms with Crippen LogP contribution in [0.3, 0.4) is 0 Å². The molecule has 142 valence electrons. The van der Waals surface area contributed by atoms with Crippen LogP contribution in [0, 0.1) is 24.7 Å². The van der Waals surface area contributed by atoms with Crippen LogP contribution >= 0.6 is 0 Å². The first-order valence-corrected chi connectivity index (χ1v) is 7.98. The Labute approximate surface area is 162 Å². The third-order valence-electron chi connectivity index (χ3n) is 3.67. The van der Waals surface area contributed by atoms with Gasteiger partial charge in [0.05, 0.1) is 11.1 Å². The first kappa shape index (κ1) is 20.3. The van der Waals surface area contributed by atoms with Crippen molar-refractivity contribution in [3.63, 3.8) is 0 Å². The van der Waals surface area contributed by atoms with Gasteiger partial charge in [0.1, 0.15) is 24.7 Å². The van der Waals surface area contributed by atoms with Crippen molar-refractivity contribution >= 4 is 11.8 Å². The van der Waals surface area contributed by atoms with Crippen molar-refractivity contribution in [3.05, 3.63) is 47.5 Å². The average molecular weight is 378 g/mol. The second kappa shape index (κ2) is 9.64. The molecule has 8 heteroatoms. The largest absolute Gasteiger partial charge is 0.480 e. The summed E-state index contributed by atoms with van der Waals surface area (Å²) in [4.78, 5) is 23.8. The third kappa shape index (κ3) is 4.59. The number of carbonyl (C=O) groups is 2. The minimum atomic E-state index is -0.522. The van der Waals surface area contributed by atoms with Crippen LogP contribution < -0.4 is 32.0 Å². The van der Waals surface area contributed by atoms with Crippen molar-refractivity contribution in [1.82, 2.24) is 10.9 Å². The minimum absolute atomic E-state index is 0.0273. The first-order valence-electron chi connectivity index (χ1n) is 7.98. The number of hydrogen-bond donors (Lipinski definition) is 4. The Morgan fingerprint density at radius 3 is 1.54 bits per heavy atom. The Balaban J connectivity index is 2.51. The maximum absolute atomic E-state index is 11.9. The van der Waals surface area contributed by atoms with Crippen LogP contribution in [0.5, 0.6) is 11.5 Å². The van der Waals surface area contributed by atoms with Gasteiger partial charge in [0, 0.05) is 0 Å². The van der Waals surface area contributed by atoms with Crippen molar-refractivity contribution in [3.8, 4) is 47.3 Å². The fraction of sp³-hybridized carbons (Fsp3) is 0.100. The van der Waals surface area contributed by atoms with Crippen molar-refractivity contribution < 1.29 is 19.1 Å². The highest BCUT2D eigenvalue weighted by atomic mass is 16.5. The summed E-state index contributed by atoms with van der Waals surface area (Å²) in [6.07, 6.45) is 10.5. The summed E-state index contributed by atoms with van der Waals surface area (Å²) < 4.78 is 10.9. The lowest BCUT2D eigenvalue weighted by Gasteiger charge is -2.13. The molecule has 0 bridgehead atoms. The van der Waals surface area contributed by atoms with E-state index in [4.69, 9.17) is 34.0 Å². The molecule has 0 fully saturated rings. The molecule has 0 aliphatic carbocycles. The van der Waals surface area contributed by atoms with E-state index in [0.717, 1.165) is 0 Å². The van der Waals surface area contributed by atoms with Gasteiger partial charge in [0.15, 0.2) is 0 Å². The number of nitrogen functional groups attached to an aromatic ring is 2. The smallest absolute Gasteiger partial charge is 0.268 e. The van der Waals surface area contributed by atoms with Crippen molar-refractivity contribution in [2.24, 2.45) is 11.7 Å². The summed E-state index contributed by atoms with van der Waals surface area (Å²) in [5, 5.41) is 0. The molecule has 28 heavy (non-hydrogen) atoms. The Kier molecular flexibility index (Phi) is 7.00. The van der Waals surface area contributed by atoms with E-state index in [9.17, 15) is 9.59 Å². The Morgan fingerprint density at radius 1 is 0.821 bits per heavy atom. The van der Waals surface area contributed by atoms with Gasteiger partial charge in [-0.1, -0.05) is 24.0 Å². The lowest BCUT2D eigenvalue weighted by atomic mass is 10.0. The molecule has 0 saturated carbocycles. The minimum Gasteiger partial charge on any atom is -0.480 e. The zero-order chi connectivity index (χ0) is 20.5. The Morgan fingerprint density at radius 2 is 1.21 bits per heavy atom. The second-order valence-electron chi connectivity index (χ2n) is 5.35. The van der Waals surface area contributed by atoms with Crippen LogP contribution in [-0.2, 0) is 0 Å². The van der Waals surface area contributed by atoms with E-state index >= 15 is 0 Å². The van der Waals surface area contributed by atoms with Crippen LogP contribution in [0.2, 0.25) is 0 Å². The predicted octanol–water partition coefficient (Wildman–Crippen LogP) is 0.585. The molecular weight excluding hydrogens is 360 g/mol. The summed E-state index contributed by atoms with van der Waals surface area (Å²) in [7, 11) is 0. The van der Waals surface area contributed by atoms with Crippen molar-refractivity contribution in [2.75, 3.05) is 13.2 Å². The van der Waals surface area contributed by atoms with Gasteiger partial charge in [-0.05, 0) is 35.4 Å². The fourth-order valence-electron chi connectivity index (χ4n) is 2.41. The maximum Gasteiger partial charge on any atom is 0.268 e. The topological polar surface area (TPSA) is 129 Å². The molecule has 0 atom stereocenters. The quantitative estimate of drug-likeness (QED) is 0.241. The fourth-order valence-corrected chi connectivity index (χ4v) is 2.41. The number of nitrogens with one attached hydrogen (secondary N) is 2. The third-order valence-corrected chi connectivity index (χ3v) is 3.67. The monoisotopic (exact) mass is 378 g/mol. The van der Waals surface area contributed by atoms with E-state index in [1.54, 1.807) is 36.4 Å². The van der Waals surface area contributed by atoms with E-state index < -0.39 is 11.8 Å². The lowest BCUT2D eigenvalue weighted by Crippen LogP contribution is -2.30. The number of rotatable bonds is 7. The van der Waals surface area contributed by atoms with Crippen LogP contribution in [0.4, 0.5) is 0 Å². The average Bonchev–Trinajstić information content (AvgIpc) is 2.74. The number of hydrogen-bond acceptors (Lipinski definition) is 6. The molecular formula is C20H18N4O4. The van der Waals surface area contributed by atoms with Crippen LogP contribution in [0.25, 0.3) is 11.1 Å². The predicted molar refractivity (Wildman–Crippen MR) is 104 cm³/mol. The zero-order valence-corrected chi connectivity index (χ0v) is 14.8. The van der Waals surface area contributed by atoms with E-state index in [0.29, 0.717) is 11.1 Å². The molecule has 0 aromatic heterocycles. The zero-order valence-electron chi connectivity index (χ0n) is 14.8. The molecule has 2 aromatic rings. The van der Waals surface area contributed by atoms with Gasteiger partial charge in [-0.3, -0.25) is 20.4 Å². The van der Waals surface area contributed by atoms with Gasteiger partial charge < -0.3 is 9.47 Å². The normalized spacial score (nSPS) is 9.57. The molecule has 2 aromatic carbocycles. The summed E-state index contributed by atoms with van der Waals surface area (Å²) in [6.45, 7) is -0.0547. The van der Waals surface area contributed by atoms with Crippen LogP contribution in [0.1, 0.15) is 20.7 Å². The lowest BCUT2D eigenvalue weighted by molar-refractivity contribution is 0.0942. The second-order valence-corrected chi connectivity index (χ2v) is 5.35. The maximum atomic E-state index is 11.9. The van der Waals surface area contributed by atoms with Gasteiger partial charge in [-0.25, -0.2) is 11.7 Å². The van der Waals surface area contributed by atoms with Gasteiger partial charge in [0.2, 0.25) is 0 Å². The van der Waals surface area contributed by atoms with E-state index in [1.165, 1.54) is 0 Å². The number of hydrazine groups is 2. The number of amides is 2. The number of carbonyl (C=O) groups excluding carboxylic acids is 2. The standard InChI is InChI=1S/C20H18N4O4/c1-3-9-27-17-11-13(5-7-15(17)19(25)23-21)14-6-8-16(20(26)24-22)18(12-14)28-10-4-2/h1-2,5-8,11-12H,9-10,21-22H2,(H,23,25)(H,24,26). The summed E-state index contributed by atoms with van der Waals surface area (Å²) in [6, 6.07) is 9.74. The molecule has 6 N–H and O–H groups in total. The first-order chi connectivity index (χ1) is 13.5. The number of ether oxygens (including phenoxy) is 2. The number of benzene rings is 2. The van der Waals surface area contributed by atoms with Gasteiger partial charge in [0.25, 0.3) is 11.8 Å². The number of terminal acetylenes is 2. The molecule has 8 nitrogen and oxygen atoms in total. The summed E-state index contributed by atoms with van der Waals surface area (Å²) in [5.74, 6) is 14.5. The highest BCUT2D eigenvalue weighted by Crippen LogP contribution is 2.31. The molecule has 0 aliphatic heterocycles. The SMILES string of the molecule is C#CCOc1cc(-c2ccc(C(=O)NN)c(OCC#C)c2)ccc1C(=O)NN.